The zero-order valence-corrected chi connectivity index (χ0v) is 20.8. The summed E-state index contributed by atoms with van der Waals surface area (Å²) < 4.78 is 11.1. The molecule has 1 unspecified atom stereocenters. The molecular formula is C28H38N2O4. The second-order valence-corrected chi connectivity index (χ2v) is 8.68. The minimum atomic E-state index is -0.231. The lowest BCUT2D eigenvalue weighted by atomic mass is 10.0. The topological polar surface area (TPSA) is 77.3 Å². The number of carbonyl (C=O) groups excluding carboxylic acids is 2. The first-order valence-electron chi connectivity index (χ1n) is 12.4. The number of carbonyl (C=O) groups is 2. The molecule has 0 radical (unpaired) electrons. The third-order valence-electron chi connectivity index (χ3n) is 5.51. The summed E-state index contributed by atoms with van der Waals surface area (Å²) in [6.07, 6.45) is 7.07. The Hall–Kier alpha value is -3.02. The molecule has 184 valence electrons. The Morgan fingerprint density at radius 2 is 1.47 bits per heavy atom. The van der Waals surface area contributed by atoms with Gasteiger partial charge in [0.25, 0.3) is 0 Å². The monoisotopic (exact) mass is 466 g/mol. The molecule has 0 fully saturated rings. The molecule has 2 rings (SSSR count). The van der Waals surface area contributed by atoms with Gasteiger partial charge in [0.15, 0.2) is 0 Å². The minimum absolute atomic E-state index is 0.0991. The second kappa shape index (κ2) is 15.8. The maximum Gasteiger partial charge on any atom is 0.308 e. The number of Topliss-reactive ketones (excluding diaryl/α,β-unsaturated/α-hetero) is 1. The van der Waals surface area contributed by atoms with Gasteiger partial charge in [0.1, 0.15) is 11.5 Å². The van der Waals surface area contributed by atoms with Crippen LogP contribution >= 0.6 is 0 Å². The van der Waals surface area contributed by atoms with E-state index in [2.05, 4.69) is 29.3 Å². The standard InChI is InChI=1S/C28H38N2O4/c1-4-5-9-24-12-14-25(15-13-24)29-30-26-16-18-27(19-17-26)33-20-7-6-8-21-34-28(32)22(2)10-11-23(3)31/h12-19,22H,4-11,20-21H2,1-3H3. The minimum Gasteiger partial charge on any atom is -0.494 e. The summed E-state index contributed by atoms with van der Waals surface area (Å²) in [5.41, 5.74) is 2.96. The van der Waals surface area contributed by atoms with Crippen LogP contribution in [-0.4, -0.2) is 25.0 Å². The number of hydrogen-bond donors (Lipinski definition) is 0. The molecule has 0 bridgehead atoms. The number of azo groups is 1. The second-order valence-electron chi connectivity index (χ2n) is 8.68. The van der Waals surface area contributed by atoms with Crippen LogP contribution in [0.25, 0.3) is 0 Å². The molecule has 0 aliphatic carbocycles. The molecule has 6 heteroatoms. The predicted octanol–water partition coefficient (Wildman–Crippen LogP) is 7.54. The Balaban J connectivity index is 1.60. The van der Waals surface area contributed by atoms with E-state index < -0.39 is 0 Å². The Morgan fingerprint density at radius 3 is 2.09 bits per heavy atom. The van der Waals surface area contributed by atoms with Gasteiger partial charge in [-0.3, -0.25) is 4.79 Å². The fraction of sp³-hybridized carbons (Fsp3) is 0.500. The summed E-state index contributed by atoms with van der Waals surface area (Å²) in [7, 11) is 0. The van der Waals surface area contributed by atoms with E-state index in [0.717, 1.165) is 42.8 Å². The van der Waals surface area contributed by atoms with Crippen LogP contribution in [0.2, 0.25) is 0 Å². The van der Waals surface area contributed by atoms with E-state index in [1.807, 2.05) is 36.4 Å². The highest BCUT2D eigenvalue weighted by atomic mass is 16.5. The van der Waals surface area contributed by atoms with E-state index in [-0.39, 0.29) is 17.7 Å². The fourth-order valence-corrected chi connectivity index (χ4v) is 3.26. The number of aryl methyl sites for hydroxylation is 1. The van der Waals surface area contributed by atoms with E-state index in [1.54, 1.807) is 6.92 Å². The summed E-state index contributed by atoms with van der Waals surface area (Å²) in [5.74, 6) is 0.441. The van der Waals surface area contributed by atoms with Crippen LogP contribution in [0, 0.1) is 5.92 Å². The predicted molar refractivity (Wildman–Crippen MR) is 135 cm³/mol. The molecule has 0 aliphatic heterocycles. The molecule has 6 nitrogen and oxygen atoms in total. The van der Waals surface area contributed by atoms with E-state index >= 15 is 0 Å². The van der Waals surface area contributed by atoms with E-state index in [1.165, 1.54) is 25.3 Å². The first-order chi connectivity index (χ1) is 16.5. The van der Waals surface area contributed by atoms with Crippen LogP contribution in [0.1, 0.15) is 71.3 Å². The van der Waals surface area contributed by atoms with Crippen molar-refractivity contribution in [2.24, 2.45) is 16.1 Å². The smallest absolute Gasteiger partial charge is 0.308 e. The summed E-state index contributed by atoms with van der Waals surface area (Å²) in [4.78, 5) is 22.9. The van der Waals surface area contributed by atoms with Gasteiger partial charge in [-0.2, -0.15) is 10.2 Å². The van der Waals surface area contributed by atoms with Crippen molar-refractivity contribution in [3.05, 3.63) is 54.1 Å². The number of rotatable bonds is 16. The van der Waals surface area contributed by atoms with Crippen molar-refractivity contribution in [2.75, 3.05) is 13.2 Å². The molecule has 2 aromatic rings. The van der Waals surface area contributed by atoms with Gasteiger partial charge in [-0.25, -0.2) is 0 Å². The largest absolute Gasteiger partial charge is 0.494 e. The van der Waals surface area contributed by atoms with Gasteiger partial charge < -0.3 is 14.3 Å². The molecule has 2 aromatic carbocycles. The average molecular weight is 467 g/mol. The van der Waals surface area contributed by atoms with Crippen LogP contribution in [0.5, 0.6) is 5.75 Å². The molecule has 0 spiro atoms. The van der Waals surface area contributed by atoms with Gasteiger partial charge in [-0.1, -0.05) is 32.4 Å². The summed E-state index contributed by atoms with van der Waals surface area (Å²) >= 11 is 0. The molecule has 1 atom stereocenters. The van der Waals surface area contributed by atoms with Gasteiger partial charge >= 0.3 is 5.97 Å². The van der Waals surface area contributed by atoms with Gasteiger partial charge in [0.05, 0.1) is 30.5 Å². The van der Waals surface area contributed by atoms with Crippen LogP contribution in [0.3, 0.4) is 0 Å². The van der Waals surface area contributed by atoms with Crippen LogP contribution in [-0.2, 0) is 20.7 Å². The van der Waals surface area contributed by atoms with Crippen LogP contribution in [0.4, 0.5) is 11.4 Å². The number of benzene rings is 2. The maximum absolute atomic E-state index is 11.9. The zero-order chi connectivity index (χ0) is 24.6. The van der Waals surface area contributed by atoms with Crippen molar-refractivity contribution < 1.29 is 19.1 Å². The van der Waals surface area contributed by atoms with E-state index in [0.29, 0.717) is 26.1 Å². The highest BCUT2D eigenvalue weighted by Crippen LogP contribution is 2.22. The highest BCUT2D eigenvalue weighted by molar-refractivity contribution is 5.77. The maximum atomic E-state index is 11.9. The summed E-state index contributed by atoms with van der Waals surface area (Å²) in [6.45, 7) is 6.55. The SMILES string of the molecule is CCCCc1ccc(N=Nc2ccc(OCCCCCOC(=O)C(C)CCC(C)=O)cc2)cc1. The fourth-order valence-electron chi connectivity index (χ4n) is 3.26. The Labute approximate surface area is 203 Å². The van der Waals surface area contributed by atoms with Gasteiger partial charge in [-0.15, -0.1) is 0 Å². The number of ketones is 1. The lowest BCUT2D eigenvalue weighted by Crippen LogP contribution is -2.16. The van der Waals surface area contributed by atoms with Crippen molar-refractivity contribution in [1.82, 2.24) is 0 Å². The molecule has 0 heterocycles. The lowest BCUT2D eigenvalue weighted by Gasteiger charge is -2.10. The molecule has 0 aromatic heterocycles. The number of hydrogen-bond acceptors (Lipinski definition) is 6. The Bertz CT molecular complexity index is 892. The van der Waals surface area contributed by atoms with E-state index in [4.69, 9.17) is 9.47 Å². The lowest BCUT2D eigenvalue weighted by molar-refractivity contribution is -0.148. The number of unbranched alkanes of at least 4 members (excludes halogenated alkanes) is 3. The van der Waals surface area contributed by atoms with Crippen molar-refractivity contribution >= 4 is 23.1 Å². The van der Waals surface area contributed by atoms with Crippen molar-refractivity contribution in [3.63, 3.8) is 0 Å². The van der Waals surface area contributed by atoms with Crippen molar-refractivity contribution in [2.45, 2.75) is 72.1 Å². The zero-order valence-electron chi connectivity index (χ0n) is 20.8. The van der Waals surface area contributed by atoms with Crippen molar-refractivity contribution in [3.8, 4) is 5.75 Å². The summed E-state index contributed by atoms with van der Waals surface area (Å²) in [6, 6.07) is 15.8. The van der Waals surface area contributed by atoms with Gasteiger partial charge in [0.2, 0.25) is 0 Å². The Morgan fingerprint density at radius 1 is 0.853 bits per heavy atom. The molecule has 0 saturated carbocycles. The van der Waals surface area contributed by atoms with Gasteiger partial charge in [-0.05, 0) is 87.4 Å². The number of ether oxygens (including phenoxy) is 2. The summed E-state index contributed by atoms with van der Waals surface area (Å²) in [5, 5.41) is 8.60. The third kappa shape index (κ3) is 11.2. The molecule has 0 aliphatic rings. The highest BCUT2D eigenvalue weighted by Gasteiger charge is 2.14. The first kappa shape index (κ1) is 27.2. The van der Waals surface area contributed by atoms with Crippen molar-refractivity contribution in [1.29, 1.82) is 0 Å². The number of esters is 1. The molecule has 34 heavy (non-hydrogen) atoms. The first-order valence-corrected chi connectivity index (χ1v) is 12.4. The molecule has 0 N–H and O–H groups in total. The van der Waals surface area contributed by atoms with Crippen LogP contribution < -0.4 is 4.74 Å². The van der Waals surface area contributed by atoms with Crippen LogP contribution in [0.15, 0.2) is 58.8 Å². The number of nitrogens with zero attached hydrogens (tertiary/aromatic N) is 2. The Kier molecular flexibility index (Phi) is 12.6. The quantitative estimate of drug-likeness (QED) is 0.145. The van der Waals surface area contributed by atoms with Gasteiger partial charge in [0, 0.05) is 6.42 Å². The molecule has 0 amide bonds. The molecular weight excluding hydrogens is 428 g/mol. The molecule has 0 saturated heterocycles. The third-order valence-corrected chi connectivity index (χ3v) is 5.51. The average Bonchev–Trinajstić information content (AvgIpc) is 2.85. The normalized spacial score (nSPS) is 12.0. The van der Waals surface area contributed by atoms with E-state index in [9.17, 15) is 9.59 Å².